The molecular weight excluding hydrogens is 278 g/mol. The van der Waals surface area contributed by atoms with Crippen LogP contribution in [0.15, 0.2) is 23.8 Å². The zero-order valence-corrected chi connectivity index (χ0v) is 10.0. The number of anilines is 1. The number of hydrogen-bond acceptors (Lipinski definition) is 4. The van der Waals surface area contributed by atoms with Crippen molar-refractivity contribution in [1.82, 2.24) is 4.98 Å². The van der Waals surface area contributed by atoms with Crippen LogP contribution in [-0.4, -0.2) is 22.0 Å². The summed E-state index contributed by atoms with van der Waals surface area (Å²) >= 11 is 1.03. The predicted octanol–water partition coefficient (Wildman–Crippen LogP) is 2.37. The number of carbonyl (C=O) groups excluding carboxylic acids is 1. The SMILES string of the molecule is O=C(Nc1cc(C(=O)O)c(F)cc1F)c1cncs1. The van der Waals surface area contributed by atoms with Gasteiger partial charge in [-0.1, -0.05) is 0 Å². The Labute approximate surface area is 109 Å². The molecule has 98 valence electrons. The van der Waals surface area contributed by atoms with E-state index < -0.39 is 34.8 Å². The smallest absolute Gasteiger partial charge is 0.338 e. The predicted molar refractivity (Wildman–Crippen MR) is 63.4 cm³/mol. The molecule has 5 nitrogen and oxygen atoms in total. The van der Waals surface area contributed by atoms with E-state index in [1.165, 1.54) is 11.7 Å². The fraction of sp³-hybridized carbons (Fsp3) is 0. The van der Waals surface area contributed by atoms with Crippen LogP contribution in [0.4, 0.5) is 14.5 Å². The maximum absolute atomic E-state index is 13.4. The van der Waals surface area contributed by atoms with E-state index in [9.17, 15) is 18.4 Å². The number of benzene rings is 1. The molecule has 1 heterocycles. The molecule has 0 fully saturated rings. The molecule has 0 unspecified atom stereocenters. The summed E-state index contributed by atoms with van der Waals surface area (Å²) in [5, 5.41) is 10.9. The van der Waals surface area contributed by atoms with Crippen molar-refractivity contribution in [3.63, 3.8) is 0 Å². The summed E-state index contributed by atoms with van der Waals surface area (Å²) in [5.74, 6) is -4.46. The Morgan fingerprint density at radius 3 is 2.58 bits per heavy atom. The third-order valence-electron chi connectivity index (χ3n) is 2.19. The minimum atomic E-state index is -1.55. The van der Waals surface area contributed by atoms with Gasteiger partial charge in [-0.05, 0) is 6.07 Å². The van der Waals surface area contributed by atoms with Crippen LogP contribution in [-0.2, 0) is 0 Å². The van der Waals surface area contributed by atoms with Gasteiger partial charge in [-0.15, -0.1) is 11.3 Å². The number of hydrogen-bond donors (Lipinski definition) is 2. The van der Waals surface area contributed by atoms with E-state index in [0.717, 1.165) is 17.4 Å². The number of amides is 1. The second kappa shape index (κ2) is 5.11. The Balaban J connectivity index is 2.32. The Morgan fingerprint density at radius 1 is 1.26 bits per heavy atom. The maximum Gasteiger partial charge on any atom is 0.338 e. The van der Waals surface area contributed by atoms with Crippen molar-refractivity contribution in [3.8, 4) is 0 Å². The molecule has 2 rings (SSSR count). The molecule has 0 aliphatic rings. The highest BCUT2D eigenvalue weighted by Crippen LogP contribution is 2.21. The molecule has 1 aromatic heterocycles. The van der Waals surface area contributed by atoms with E-state index in [-0.39, 0.29) is 4.88 Å². The van der Waals surface area contributed by atoms with Gasteiger partial charge in [0.15, 0.2) is 0 Å². The largest absolute Gasteiger partial charge is 0.478 e. The molecule has 0 bridgehead atoms. The summed E-state index contributed by atoms with van der Waals surface area (Å²) in [4.78, 5) is 26.3. The van der Waals surface area contributed by atoms with Crippen molar-refractivity contribution < 1.29 is 23.5 Å². The van der Waals surface area contributed by atoms with Gasteiger partial charge in [0, 0.05) is 6.07 Å². The van der Waals surface area contributed by atoms with Crippen molar-refractivity contribution in [1.29, 1.82) is 0 Å². The van der Waals surface area contributed by atoms with Crippen LogP contribution in [0, 0.1) is 11.6 Å². The highest BCUT2D eigenvalue weighted by molar-refractivity contribution is 7.11. The lowest BCUT2D eigenvalue weighted by Gasteiger charge is -2.07. The van der Waals surface area contributed by atoms with E-state index in [4.69, 9.17) is 5.11 Å². The molecule has 2 aromatic rings. The van der Waals surface area contributed by atoms with Crippen LogP contribution < -0.4 is 5.32 Å². The number of nitrogens with zero attached hydrogens (tertiary/aromatic N) is 1. The first-order valence-corrected chi connectivity index (χ1v) is 5.79. The molecule has 0 saturated heterocycles. The molecule has 0 aliphatic carbocycles. The topological polar surface area (TPSA) is 79.3 Å². The second-order valence-corrected chi connectivity index (χ2v) is 4.32. The van der Waals surface area contributed by atoms with E-state index in [2.05, 4.69) is 10.3 Å². The summed E-state index contributed by atoms with van der Waals surface area (Å²) in [5.41, 5.74) is 0.289. The van der Waals surface area contributed by atoms with E-state index in [1.54, 1.807) is 0 Å². The van der Waals surface area contributed by atoms with Crippen molar-refractivity contribution in [2.24, 2.45) is 0 Å². The summed E-state index contributed by atoms with van der Waals surface area (Å²) < 4.78 is 26.6. The molecular formula is C11H6F2N2O3S. The number of aromatic nitrogens is 1. The van der Waals surface area contributed by atoms with Gasteiger partial charge >= 0.3 is 5.97 Å². The highest BCUT2D eigenvalue weighted by Gasteiger charge is 2.17. The molecule has 0 spiro atoms. The Bertz CT molecular complexity index is 644. The molecule has 1 aromatic carbocycles. The first kappa shape index (κ1) is 13.1. The van der Waals surface area contributed by atoms with E-state index in [1.807, 2.05) is 0 Å². The van der Waals surface area contributed by atoms with Gasteiger partial charge in [-0.25, -0.2) is 13.6 Å². The quantitative estimate of drug-likeness (QED) is 0.906. The molecule has 2 N–H and O–H groups in total. The molecule has 0 atom stereocenters. The first-order chi connectivity index (χ1) is 8.99. The Hall–Kier alpha value is -2.35. The standard InChI is InChI=1S/C11H6F2N2O3S/c12-6-2-7(13)8(1-5(6)11(17)18)15-10(16)9-3-14-4-19-9/h1-4H,(H,15,16)(H,17,18). The number of nitrogens with one attached hydrogen (secondary N) is 1. The van der Waals surface area contributed by atoms with Crippen molar-refractivity contribution in [3.05, 3.63) is 45.9 Å². The van der Waals surface area contributed by atoms with Gasteiger partial charge in [0.25, 0.3) is 5.91 Å². The lowest BCUT2D eigenvalue weighted by atomic mass is 10.1. The average Bonchev–Trinajstić information content (AvgIpc) is 2.85. The lowest BCUT2D eigenvalue weighted by molar-refractivity contribution is 0.0691. The third kappa shape index (κ3) is 2.74. The average molecular weight is 284 g/mol. The number of halogens is 2. The summed E-state index contributed by atoms with van der Waals surface area (Å²) in [6.07, 6.45) is 1.28. The highest BCUT2D eigenvalue weighted by atomic mass is 32.1. The van der Waals surface area contributed by atoms with Gasteiger partial charge in [0.1, 0.15) is 16.5 Å². The lowest BCUT2D eigenvalue weighted by Crippen LogP contribution is -2.13. The molecule has 1 amide bonds. The monoisotopic (exact) mass is 284 g/mol. The second-order valence-electron chi connectivity index (χ2n) is 3.44. The van der Waals surface area contributed by atoms with Crippen molar-refractivity contribution in [2.45, 2.75) is 0 Å². The van der Waals surface area contributed by atoms with Crippen LogP contribution in [0.3, 0.4) is 0 Å². The molecule has 8 heteroatoms. The summed E-state index contributed by atoms with van der Waals surface area (Å²) in [6, 6.07) is 1.14. The maximum atomic E-state index is 13.4. The number of rotatable bonds is 3. The fourth-order valence-corrected chi connectivity index (χ4v) is 1.84. The Kier molecular flexibility index (Phi) is 3.52. The van der Waals surface area contributed by atoms with E-state index in [0.29, 0.717) is 6.07 Å². The normalized spacial score (nSPS) is 10.2. The van der Waals surface area contributed by atoms with E-state index >= 15 is 0 Å². The third-order valence-corrected chi connectivity index (χ3v) is 2.96. The van der Waals surface area contributed by atoms with Gasteiger partial charge < -0.3 is 10.4 Å². The van der Waals surface area contributed by atoms with Crippen LogP contribution >= 0.6 is 11.3 Å². The molecule has 19 heavy (non-hydrogen) atoms. The number of carbonyl (C=O) groups is 2. The first-order valence-electron chi connectivity index (χ1n) is 4.91. The summed E-state index contributed by atoms with van der Waals surface area (Å²) in [7, 11) is 0. The number of carboxylic acid groups (broad SMARTS) is 1. The van der Waals surface area contributed by atoms with Gasteiger partial charge in [0.2, 0.25) is 0 Å². The minimum absolute atomic E-state index is 0.223. The van der Waals surface area contributed by atoms with Crippen LogP contribution in [0.25, 0.3) is 0 Å². The molecule has 0 saturated carbocycles. The molecule has 0 aliphatic heterocycles. The van der Waals surface area contributed by atoms with Gasteiger partial charge in [0.05, 0.1) is 23.0 Å². The fourth-order valence-electron chi connectivity index (χ4n) is 1.32. The summed E-state index contributed by atoms with van der Waals surface area (Å²) in [6.45, 7) is 0. The number of thiazole rings is 1. The number of carboxylic acids is 1. The van der Waals surface area contributed by atoms with Gasteiger partial charge in [-0.2, -0.15) is 0 Å². The Morgan fingerprint density at radius 2 is 2.00 bits per heavy atom. The number of aromatic carboxylic acids is 1. The van der Waals surface area contributed by atoms with Crippen molar-refractivity contribution in [2.75, 3.05) is 5.32 Å². The molecule has 0 radical (unpaired) electrons. The van der Waals surface area contributed by atoms with Gasteiger partial charge in [-0.3, -0.25) is 9.78 Å². The van der Waals surface area contributed by atoms with Crippen LogP contribution in [0.5, 0.6) is 0 Å². The van der Waals surface area contributed by atoms with Crippen LogP contribution in [0.2, 0.25) is 0 Å². The zero-order valence-electron chi connectivity index (χ0n) is 9.18. The van der Waals surface area contributed by atoms with Crippen molar-refractivity contribution >= 4 is 28.9 Å². The minimum Gasteiger partial charge on any atom is -0.478 e. The zero-order chi connectivity index (χ0) is 14.0. The van der Waals surface area contributed by atoms with Crippen LogP contribution in [0.1, 0.15) is 20.0 Å².